The van der Waals surface area contributed by atoms with E-state index in [9.17, 15) is 13.2 Å². The Morgan fingerprint density at radius 1 is 1.38 bits per heavy atom. The Balaban J connectivity index is 2.35. The van der Waals surface area contributed by atoms with Gasteiger partial charge in [-0.15, -0.1) is 0 Å². The topological polar surface area (TPSA) is 24.4 Å². The molecule has 0 saturated heterocycles. The van der Waals surface area contributed by atoms with Gasteiger partial charge in [-0.25, -0.2) is 0 Å². The van der Waals surface area contributed by atoms with Crippen molar-refractivity contribution in [2.24, 2.45) is 4.99 Å². The van der Waals surface area contributed by atoms with Crippen LogP contribution in [-0.2, 0) is 11.9 Å². The van der Waals surface area contributed by atoms with Crippen LogP contribution in [0.25, 0.3) is 0 Å². The average Bonchev–Trinajstić information content (AvgIpc) is 2.26. The fourth-order valence-electron chi connectivity index (χ4n) is 1.43. The van der Waals surface area contributed by atoms with Gasteiger partial charge < -0.3 is 5.32 Å². The Morgan fingerprint density at radius 2 is 2.12 bits per heavy atom. The maximum absolute atomic E-state index is 12.4. The van der Waals surface area contributed by atoms with Crippen LogP contribution in [0.5, 0.6) is 0 Å². The first kappa shape index (κ1) is 11.3. The van der Waals surface area contributed by atoms with Crippen molar-refractivity contribution in [3.63, 3.8) is 0 Å². The zero-order chi connectivity index (χ0) is 11.8. The third-order valence-electron chi connectivity index (χ3n) is 2.24. The summed E-state index contributed by atoms with van der Waals surface area (Å²) in [5.41, 5.74) is 0.755. The standard InChI is InChI=1S/C10H9F3N2S/c1-14-9-15-8-3-2-7(10(11,12)13)4-6(8)5-16-9/h2-4H,5H2,1H3,(H,14,15). The molecule has 1 N–H and O–H groups in total. The zero-order valence-corrected chi connectivity index (χ0v) is 9.25. The van der Waals surface area contributed by atoms with Crippen LogP contribution in [0.2, 0.25) is 0 Å². The second-order valence-electron chi connectivity index (χ2n) is 3.31. The lowest BCUT2D eigenvalue weighted by Gasteiger charge is -2.20. The second kappa shape index (κ2) is 4.01. The summed E-state index contributed by atoms with van der Waals surface area (Å²) in [6.45, 7) is 0. The summed E-state index contributed by atoms with van der Waals surface area (Å²) in [5, 5.41) is 3.70. The number of nitrogens with zero attached hydrogens (tertiary/aromatic N) is 1. The van der Waals surface area contributed by atoms with Crippen molar-refractivity contribution in [1.29, 1.82) is 0 Å². The minimum atomic E-state index is -4.28. The molecule has 6 heteroatoms. The van der Waals surface area contributed by atoms with Crippen LogP contribution >= 0.6 is 11.8 Å². The number of aliphatic imine (C=N–C) groups is 1. The number of anilines is 1. The van der Waals surface area contributed by atoms with Gasteiger partial charge in [0, 0.05) is 18.5 Å². The van der Waals surface area contributed by atoms with Gasteiger partial charge in [0.1, 0.15) is 0 Å². The number of thioether (sulfide) groups is 1. The maximum atomic E-state index is 12.4. The minimum Gasteiger partial charge on any atom is -0.335 e. The molecule has 0 atom stereocenters. The van der Waals surface area contributed by atoms with E-state index in [2.05, 4.69) is 10.3 Å². The quantitative estimate of drug-likeness (QED) is 0.759. The highest BCUT2D eigenvalue weighted by Gasteiger charge is 2.31. The van der Waals surface area contributed by atoms with Crippen LogP contribution in [-0.4, -0.2) is 12.2 Å². The van der Waals surface area contributed by atoms with Gasteiger partial charge in [-0.05, 0) is 23.8 Å². The number of hydrogen-bond donors (Lipinski definition) is 1. The van der Waals surface area contributed by atoms with E-state index < -0.39 is 11.7 Å². The molecule has 0 unspecified atom stereocenters. The number of nitrogens with one attached hydrogen (secondary N) is 1. The van der Waals surface area contributed by atoms with Gasteiger partial charge in [0.05, 0.1) is 5.56 Å². The summed E-state index contributed by atoms with van der Waals surface area (Å²) in [6.07, 6.45) is -4.28. The van der Waals surface area contributed by atoms with Crippen molar-refractivity contribution in [3.05, 3.63) is 29.3 Å². The lowest BCUT2D eigenvalue weighted by molar-refractivity contribution is -0.137. The van der Waals surface area contributed by atoms with Crippen LogP contribution in [0.15, 0.2) is 23.2 Å². The van der Waals surface area contributed by atoms with Crippen molar-refractivity contribution in [1.82, 2.24) is 0 Å². The number of benzene rings is 1. The van der Waals surface area contributed by atoms with Crippen LogP contribution in [0.4, 0.5) is 18.9 Å². The fraction of sp³-hybridized carbons (Fsp3) is 0.300. The van der Waals surface area contributed by atoms with Crippen LogP contribution in [0.1, 0.15) is 11.1 Å². The molecule has 1 aliphatic heterocycles. The van der Waals surface area contributed by atoms with E-state index >= 15 is 0 Å². The predicted octanol–water partition coefficient (Wildman–Crippen LogP) is 3.35. The molecule has 0 aliphatic carbocycles. The smallest absolute Gasteiger partial charge is 0.335 e. The molecule has 1 heterocycles. The molecule has 1 aromatic carbocycles. The third-order valence-corrected chi connectivity index (χ3v) is 3.26. The highest BCUT2D eigenvalue weighted by atomic mass is 32.2. The third kappa shape index (κ3) is 2.16. The minimum absolute atomic E-state index is 0.513. The molecule has 86 valence electrons. The van der Waals surface area contributed by atoms with E-state index in [0.717, 1.165) is 11.2 Å². The molecule has 0 saturated carbocycles. The first-order valence-electron chi connectivity index (χ1n) is 4.57. The SMILES string of the molecule is CN=C1Nc2ccc(C(F)(F)F)cc2CS1. The van der Waals surface area contributed by atoms with Gasteiger partial charge in [0.25, 0.3) is 0 Å². The van der Waals surface area contributed by atoms with Gasteiger partial charge in [-0.2, -0.15) is 13.2 Å². The van der Waals surface area contributed by atoms with E-state index in [4.69, 9.17) is 0 Å². The molecule has 1 aromatic rings. The summed E-state index contributed by atoms with van der Waals surface area (Å²) in [4.78, 5) is 3.96. The normalized spacial score (nSPS) is 18.1. The molecular formula is C10H9F3N2S. The monoisotopic (exact) mass is 246 g/mol. The molecule has 16 heavy (non-hydrogen) atoms. The van der Waals surface area contributed by atoms with Gasteiger partial charge in [-0.1, -0.05) is 11.8 Å². The van der Waals surface area contributed by atoms with Crippen molar-refractivity contribution in [2.75, 3.05) is 12.4 Å². The molecule has 0 aromatic heterocycles. The van der Waals surface area contributed by atoms with Crippen molar-refractivity contribution < 1.29 is 13.2 Å². The van der Waals surface area contributed by atoms with Crippen molar-refractivity contribution in [3.8, 4) is 0 Å². The number of amidine groups is 1. The average molecular weight is 246 g/mol. The highest BCUT2D eigenvalue weighted by molar-refractivity contribution is 8.13. The van der Waals surface area contributed by atoms with Crippen molar-refractivity contribution >= 4 is 22.6 Å². The molecule has 0 spiro atoms. The Kier molecular flexibility index (Phi) is 2.84. The molecular weight excluding hydrogens is 237 g/mol. The summed E-state index contributed by atoms with van der Waals surface area (Å²) in [7, 11) is 1.64. The first-order chi connectivity index (χ1) is 7.50. The zero-order valence-electron chi connectivity index (χ0n) is 8.43. The second-order valence-corrected chi connectivity index (χ2v) is 4.28. The highest BCUT2D eigenvalue weighted by Crippen LogP contribution is 2.35. The molecule has 1 aliphatic rings. The van der Waals surface area contributed by atoms with Crippen LogP contribution < -0.4 is 5.32 Å². The molecule has 0 radical (unpaired) electrons. The Bertz CT molecular complexity index is 440. The molecule has 0 bridgehead atoms. The van der Waals surface area contributed by atoms with E-state index in [1.165, 1.54) is 23.9 Å². The predicted molar refractivity (Wildman–Crippen MR) is 59.7 cm³/mol. The Morgan fingerprint density at radius 3 is 2.75 bits per heavy atom. The van der Waals surface area contributed by atoms with Crippen LogP contribution in [0.3, 0.4) is 0 Å². The summed E-state index contributed by atoms with van der Waals surface area (Å²) >= 11 is 1.40. The fourth-order valence-corrected chi connectivity index (χ4v) is 2.27. The first-order valence-corrected chi connectivity index (χ1v) is 5.56. The van der Waals surface area contributed by atoms with Gasteiger partial charge in [0.2, 0.25) is 0 Å². The number of rotatable bonds is 0. The van der Waals surface area contributed by atoms with E-state index in [1.54, 1.807) is 7.05 Å². The Labute approximate surface area is 95.0 Å². The largest absolute Gasteiger partial charge is 0.416 e. The Hall–Kier alpha value is -1.17. The number of halogens is 3. The summed E-state index contributed by atoms with van der Waals surface area (Å²) in [5.74, 6) is 0.513. The lowest BCUT2D eigenvalue weighted by Crippen LogP contribution is -2.16. The maximum Gasteiger partial charge on any atom is 0.416 e. The van der Waals surface area contributed by atoms with Gasteiger partial charge >= 0.3 is 6.18 Å². The summed E-state index contributed by atoms with van der Waals surface area (Å²) < 4.78 is 37.3. The molecule has 0 fully saturated rings. The van der Waals surface area contributed by atoms with Gasteiger partial charge in [0.15, 0.2) is 5.17 Å². The molecule has 2 rings (SSSR count). The number of fused-ring (bicyclic) bond motifs is 1. The van der Waals surface area contributed by atoms with E-state index in [1.807, 2.05) is 0 Å². The molecule has 0 amide bonds. The lowest BCUT2D eigenvalue weighted by atomic mass is 10.1. The molecule has 2 nitrogen and oxygen atoms in total. The van der Waals surface area contributed by atoms with Gasteiger partial charge in [-0.3, -0.25) is 4.99 Å². The van der Waals surface area contributed by atoms with E-state index in [-0.39, 0.29) is 0 Å². The number of hydrogen-bond acceptors (Lipinski definition) is 2. The number of alkyl halides is 3. The van der Waals surface area contributed by atoms with Crippen LogP contribution in [0, 0.1) is 0 Å². The van der Waals surface area contributed by atoms with Crippen molar-refractivity contribution in [2.45, 2.75) is 11.9 Å². The van der Waals surface area contributed by atoms with E-state index in [0.29, 0.717) is 17.0 Å². The summed E-state index contributed by atoms with van der Waals surface area (Å²) in [6, 6.07) is 3.71.